The van der Waals surface area contributed by atoms with Gasteiger partial charge in [0.05, 0.1) is 18.5 Å². The van der Waals surface area contributed by atoms with E-state index in [1.54, 1.807) is 12.1 Å². The van der Waals surface area contributed by atoms with Gasteiger partial charge in [-0.15, -0.1) is 5.10 Å². The molecule has 21 heavy (non-hydrogen) atoms. The molecule has 0 spiro atoms. The van der Waals surface area contributed by atoms with Gasteiger partial charge in [0, 0.05) is 6.42 Å². The average Bonchev–Trinajstić information content (AvgIpc) is 2.82. The molecule has 1 aromatic heterocycles. The van der Waals surface area contributed by atoms with E-state index < -0.39 is 21.8 Å². The third-order valence-corrected chi connectivity index (χ3v) is 4.38. The Balaban J connectivity index is 1.92. The van der Waals surface area contributed by atoms with Crippen LogP contribution in [0.4, 0.5) is 5.69 Å². The maximum atomic E-state index is 11.9. The number of hydrogen-bond acceptors (Lipinski definition) is 5. The summed E-state index contributed by atoms with van der Waals surface area (Å²) in [4.78, 5) is 13.4. The van der Waals surface area contributed by atoms with Gasteiger partial charge in [-0.3, -0.25) is 9.29 Å². The van der Waals surface area contributed by atoms with E-state index in [2.05, 4.69) is 15.2 Å². The number of aromatic nitrogens is 3. The lowest BCUT2D eigenvalue weighted by Gasteiger charge is -2.33. The Morgan fingerprint density at radius 1 is 1.38 bits per heavy atom. The highest BCUT2D eigenvalue weighted by atomic mass is 32.2. The van der Waals surface area contributed by atoms with Gasteiger partial charge in [-0.25, -0.2) is 18.3 Å². The summed E-state index contributed by atoms with van der Waals surface area (Å²) in [5.74, 6) is 0. The largest absolute Gasteiger partial charge is 0.458 e. The van der Waals surface area contributed by atoms with Crippen LogP contribution in [0, 0.1) is 0 Å². The van der Waals surface area contributed by atoms with Gasteiger partial charge >= 0.3 is 11.7 Å². The van der Waals surface area contributed by atoms with Crippen LogP contribution in [0.15, 0.2) is 29.1 Å². The molecule has 0 radical (unpaired) electrons. The summed E-state index contributed by atoms with van der Waals surface area (Å²) < 4.78 is 30.7. The number of aromatic amines is 2. The highest BCUT2D eigenvalue weighted by Gasteiger charge is 2.31. The van der Waals surface area contributed by atoms with Crippen molar-refractivity contribution < 1.29 is 13.2 Å². The zero-order valence-electron chi connectivity index (χ0n) is 11.2. The summed E-state index contributed by atoms with van der Waals surface area (Å²) in [6, 6.07) is 7.32. The molecule has 0 amide bonds. The van der Waals surface area contributed by atoms with Gasteiger partial charge in [0.1, 0.15) is 6.10 Å². The Labute approximate surface area is 120 Å². The van der Waals surface area contributed by atoms with Crippen molar-refractivity contribution in [3.8, 4) is 6.01 Å². The first kappa shape index (κ1) is 13.7. The molecule has 9 heteroatoms. The first-order valence-corrected chi connectivity index (χ1v) is 8.15. The molecule has 0 aliphatic carbocycles. The fraction of sp³-hybridized carbons (Fsp3) is 0.333. The molecule has 3 rings (SSSR count). The lowest BCUT2D eigenvalue weighted by Crippen LogP contribution is -2.44. The lowest BCUT2D eigenvalue weighted by molar-refractivity contribution is 0.190. The number of rotatable bonds is 3. The Morgan fingerprint density at radius 3 is 2.81 bits per heavy atom. The molecule has 0 saturated heterocycles. The minimum atomic E-state index is -3.41. The number of fused-ring (bicyclic) bond motifs is 1. The van der Waals surface area contributed by atoms with Gasteiger partial charge in [0.25, 0.3) is 0 Å². The van der Waals surface area contributed by atoms with Crippen LogP contribution < -0.4 is 14.7 Å². The molecule has 1 atom stereocenters. The SMILES string of the molecule is CS(=O)(=O)N1C[C@H](Oc2n[nH]c(=O)[nH]2)Cc2ccccc21. The highest BCUT2D eigenvalue weighted by molar-refractivity contribution is 7.92. The van der Waals surface area contributed by atoms with Crippen molar-refractivity contribution >= 4 is 15.7 Å². The van der Waals surface area contributed by atoms with Crippen molar-refractivity contribution in [2.24, 2.45) is 0 Å². The van der Waals surface area contributed by atoms with Crippen molar-refractivity contribution in [1.29, 1.82) is 0 Å². The van der Waals surface area contributed by atoms with Crippen molar-refractivity contribution in [3.63, 3.8) is 0 Å². The maximum Gasteiger partial charge on any atom is 0.343 e. The number of hydrogen-bond donors (Lipinski definition) is 2. The molecule has 0 saturated carbocycles. The van der Waals surface area contributed by atoms with Crippen LogP contribution in [0.3, 0.4) is 0 Å². The standard InChI is InChI=1S/C12H14N4O4S/c1-21(18,19)16-7-9(20-12-13-11(17)14-15-12)6-8-4-2-3-5-10(8)16/h2-5,9H,6-7H2,1H3,(H2,13,14,15,17)/t9-/m1/s1. The molecule has 1 aliphatic rings. The maximum absolute atomic E-state index is 11.9. The topological polar surface area (TPSA) is 108 Å². The number of nitrogens with zero attached hydrogens (tertiary/aromatic N) is 2. The van der Waals surface area contributed by atoms with E-state index in [9.17, 15) is 13.2 Å². The smallest absolute Gasteiger partial charge is 0.343 e. The van der Waals surface area contributed by atoms with Gasteiger partial charge in [0.15, 0.2) is 0 Å². The Kier molecular flexibility index (Phi) is 3.20. The zero-order valence-corrected chi connectivity index (χ0v) is 12.1. The first-order chi connectivity index (χ1) is 9.93. The van der Waals surface area contributed by atoms with E-state index in [4.69, 9.17) is 4.74 Å². The van der Waals surface area contributed by atoms with Gasteiger partial charge in [-0.05, 0) is 11.6 Å². The predicted octanol–water partition coefficient (Wildman–Crippen LogP) is -0.132. The predicted molar refractivity (Wildman–Crippen MR) is 76.0 cm³/mol. The summed E-state index contributed by atoms with van der Waals surface area (Å²) in [5, 5.41) is 5.87. The van der Waals surface area contributed by atoms with E-state index in [1.165, 1.54) is 4.31 Å². The molecule has 8 nitrogen and oxygen atoms in total. The van der Waals surface area contributed by atoms with Crippen molar-refractivity contribution in [1.82, 2.24) is 15.2 Å². The number of benzene rings is 1. The molecular weight excluding hydrogens is 296 g/mol. The Hall–Kier alpha value is -2.29. The van der Waals surface area contributed by atoms with Crippen molar-refractivity contribution in [2.75, 3.05) is 17.1 Å². The van der Waals surface area contributed by atoms with Crippen LogP contribution in [0.5, 0.6) is 6.01 Å². The first-order valence-electron chi connectivity index (χ1n) is 6.30. The van der Waals surface area contributed by atoms with Crippen molar-refractivity contribution in [3.05, 3.63) is 40.3 Å². The molecule has 0 bridgehead atoms. The summed E-state index contributed by atoms with van der Waals surface area (Å²) in [6.07, 6.45) is 1.27. The molecule has 2 aromatic rings. The normalized spacial score (nSPS) is 18.3. The molecule has 0 fully saturated rings. The number of H-pyrrole nitrogens is 2. The number of ether oxygens (including phenoxy) is 1. The summed E-state index contributed by atoms with van der Waals surface area (Å²) in [7, 11) is -3.41. The van der Waals surface area contributed by atoms with Gasteiger partial charge in [-0.2, -0.15) is 0 Å². The van der Waals surface area contributed by atoms with E-state index >= 15 is 0 Å². The summed E-state index contributed by atoms with van der Waals surface area (Å²) >= 11 is 0. The number of nitrogens with one attached hydrogen (secondary N) is 2. The van der Waals surface area contributed by atoms with Gasteiger partial charge < -0.3 is 4.74 Å². The Morgan fingerprint density at radius 2 is 2.14 bits per heavy atom. The third kappa shape index (κ3) is 2.77. The molecule has 0 unspecified atom stereocenters. The fourth-order valence-electron chi connectivity index (χ4n) is 2.38. The highest BCUT2D eigenvalue weighted by Crippen LogP contribution is 2.29. The lowest BCUT2D eigenvalue weighted by atomic mass is 10.0. The third-order valence-electron chi connectivity index (χ3n) is 3.24. The Bertz CT molecular complexity index is 810. The van der Waals surface area contributed by atoms with Crippen LogP contribution in [0.2, 0.25) is 0 Å². The van der Waals surface area contributed by atoms with Crippen LogP contribution >= 0.6 is 0 Å². The molecule has 2 heterocycles. The van der Waals surface area contributed by atoms with Crippen LogP contribution in [-0.4, -0.2) is 42.5 Å². The second-order valence-corrected chi connectivity index (χ2v) is 6.76. The summed E-state index contributed by atoms with van der Waals surface area (Å²) in [6.45, 7) is 0.171. The fourth-order valence-corrected chi connectivity index (χ4v) is 3.35. The summed E-state index contributed by atoms with van der Waals surface area (Å²) in [5.41, 5.74) is 1.06. The van der Waals surface area contributed by atoms with Crippen LogP contribution in [0.25, 0.3) is 0 Å². The van der Waals surface area contributed by atoms with Crippen molar-refractivity contribution in [2.45, 2.75) is 12.5 Å². The molecule has 1 aromatic carbocycles. The molecule has 1 aliphatic heterocycles. The number of para-hydroxylation sites is 1. The van der Waals surface area contributed by atoms with E-state index in [0.717, 1.165) is 11.8 Å². The number of sulfonamides is 1. The minimum Gasteiger partial charge on any atom is -0.458 e. The van der Waals surface area contributed by atoms with E-state index in [0.29, 0.717) is 12.1 Å². The van der Waals surface area contributed by atoms with Crippen LogP contribution in [0.1, 0.15) is 5.56 Å². The van der Waals surface area contributed by atoms with E-state index in [1.807, 2.05) is 12.1 Å². The number of anilines is 1. The molecule has 2 N–H and O–H groups in total. The second-order valence-electron chi connectivity index (χ2n) is 4.85. The molecule has 112 valence electrons. The van der Waals surface area contributed by atoms with E-state index in [-0.39, 0.29) is 12.6 Å². The second kappa shape index (κ2) is 4.92. The molecular formula is C12H14N4O4S. The van der Waals surface area contributed by atoms with Gasteiger partial charge in [-0.1, -0.05) is 18.2 Å². The van der Waals surface area contributed by atoms with Crippen LogP contribution in [-0.2, 0) is 16.4 Å². The zero-order chi connectivity index (χ0) is 15.0. The minimum absolute atomic E-state index is 0.0535. The average molecular weight is 310 g/mol. The monoisotopic (exact) mass is 310 g/mol. The van der Waals surface area contributed by atoms with Gasteiger partial charge in [0.2, 0.25) is 10.0 Å². The quantitative estimate of drug-likeness (QED) is 0.821.